The van der Waals surface area contributed by atoms with E-state index in [-0.39, 0.29) is 17.1 Å². The Balaban J connectivity index is 2.86. The van der Waals surface area contributed by atoms with Crippen LogP contribution in [0.3, 0.4) is 0 Å². The fourth-order valence-corrected chi connectivity index (χ4v) is 1.64. The lowest BCUT2D eigenvalue weighted by atomic mass is 9.93. The van der Waals surface area contributed by atoms with Gasteiger partial charge in [0.2, 0.25) is 0 Å². The van der Waals surface area contributed by atoms with Gasteiger partial charge in [0, 0.05) is 19.3 Å². The van der Waals surface area contributed by atoms with E-state index in [1.165, 1.54) is 18.5 Å². The topological polar surface area (TPSA) is 79.5 Å². The van der Waals surface area contributed by atoms with Crippen molar-refractivity contribution in [3.8, 4) is 5.75 Å². The third-order valence-electron chi connectivity index (χ3n) is 2.81. The van der Waals surface area contributed by atoms with E-state index in [2.05, 4.69) is 4.98 Å². The summed E-state index contributed by atoms with van der Waals surface area (Å²) in [7, 11) is 0. The van der Waals surface area contributed by atoms with Crippen LogP contribution in [0.25, 0.3) is 0 Å². The van der Waals surface area contributed by atoms with Crippen LogP contribution < -0.4 is 5.73 Å². The lowest BCUT2D eigenvalue weighted by Gasteiger charge is -2.31. The summed E-state index contributed by atoms with van der Waals surface area (Å²) in [5, 5.41) is 9.34. The smallest absolute Gasteiger partial charge is 0.255 e. The molecular weight excluding hydrogens is 230 g/mol. The SMILES string of the molecule is CCN(CC(C)(C)CN)C(=O)c1cncc(O)c1. The van der Waals surface area contributed by atoms with E-state index < -0.39 is 0 Å². The zero-order valence-corrected chi connectivity index (χ0v) is 11.2. The van der Waals surface area contributed by atoms with Crippen molar-refractivity contribution in [2.75, 3.05) is 19.6 Å². The lowest BCUT2D eigenvalue weighted by molar-refractivity contribution is 0.0700. The Labute approximate surface area is 108 Å². The van der Waals surface area contributed by atoms with E-state index in [0.717, 1.165) is 0 Å². The summed E-state index contributed by atoms with van der Waals surface area (Å²) in [6.07, 6.45) is 2.76. The normalized spacial score (nSPS) is 11.3. The third kappa shape index (κ3) is 3.70. The third-order valence-corrected chi connectivity index (χ3v) is 2.81. The molecule has 100 valence electrons. The molecule has 1 rings (SSSR count). The number of aromatic hydroxyl groups is 1. The maximum absolute atomic E-state index is 12.3. The van der Waals surface area contributed by atoms with Crippen molar-refractivity contribution >= 4 is 5.91 Å². The second-order valence-electron chi connectivity index (χ2n) is 5.12. The van der Waals surface area contributed by atoms with E-state index in [1.807, 2.05) is 20.8 Å². The number of nitrogens with two attached hydrogens (primary N) is 1. The number of carbonyl (C=O) groups excluding carboxylic acids is 1. The summed E-state index contributed by atoms with van der Waals surface area (Å²) >= 11 is 0. The van der Waals surface area contributed by atoms with E-state index >= 15 is 0 Å². The van der Waals surface area contributed by atoms with Crippen molar-refractivity contribution in [1.82, 2.24) is 9.88 Å². The molecule has 0 bridgehead atoms. The largest absolute Gasteiger partial charge is 0.506 e. The average Bonchev–Trinajstić information content (AvgIpc) is 2.35. The second kappa shape index (κ2) is 5.82. The van der Waals surface area contributed by atoms with Crippen LogP contribution in [-0.2, 0) is 0 Å². The molecule has 1 amide bonds. The highest BCUT2D eigenvalue weighted by Gasteiger charge is 2.23. The van der Waals surface area contributed by atoms with Crippen molar-refractivity contribution in [1.29, 1.82) is 0 Å². The van der Waals surface area contributed by atoms with Gasteiger partial charge in [-0.15, -0.1) is 0 Å². The molecule has 0 atom stereocenters. The predicted molar refractivity (Wildman–Crippen MR) is 70.3 cm³/mol. The Kier molecular flexibility index (Phi) is 4.67. The van der Waals surface area contributed by atoms with E-state index in [4.69, 9.17) is 5.73 Å². The number of hydrogen-bond donors (Lipinski definition) is 2. The Morgan fingerprint density at radius 2 is 2.17 bits per heavy atom. The number of hydrogen-bond acceptors (Lipinski definition) is 4. The van der Waals surface area contributed by atoms with Gasteiger partial charge in [0.1, 0.15) is 5.75 Å². The quantitative estimate of drug-likeness (QED) is 0.825. The maximum Gasteiger partial charge on any atom is 0.255 e. The number of rotatable bonds is 5. The van der Waals surface area contributed by atoms with Gasteiger partial charge < -0.3 is 15.7 Å². The van der Waals surface area contributed by atoms with Gasteiger partial charge in [-0.3, -0.25) is 9.78 Å². The molecular formula is C13H21N3O2. The van der Waals surface area contributed by atoms with Gasteiger partial charge in [0.15, 0.2) is 0 Å². The number of amides is 1. The Morgan fingerprint density at radius 1 is 1.50 bits per heavy atom. The summed E-state index contributed by atoms with van der Waals surface area (Å²) in [6.45, 7) is 7.63. The monoisotopic (exact) mass is 251 g/mol. The Bertz CT molecular complexity index is 418. The summed E-state index contributed by atoms with van der Waals surface area (Å²) in [6, 6.07) is 1.42. The summed E-state index contributed by atoms with van der Waals surface area (Å²) in [5.74, 6) is -0.141. The second-order valence-corrected chi connectivity index (χ2v) is 5.12. The van der Waals surface area contributed by atoms with Crippen LogP contribution in [0.5, 0.6) is 5.75 Å². The van der Waals surface area contributed by atoms with Gasteiger partial charge in [-0.05, 0) is 24.9 Å². The van der Waals surface area contributed by atoms with Crippen LogP contribution in [0, 0.1) is 5.41 Å². The van der Waals surface area contributed by atoms with Gasteiger partial charge >= 0.3 is 0 Å². The Morgan fingerprint density at radius 3 is 2.67 bits per heavy atom. The number of pyridine rings is 1. The summed E-state index contributed by atoms with van der Waals surface area (Å²) in [5.41, 5.74) is 5.95. The van der Waals surface area contributed by atoms with Crippen LogP contribution in [0.1, 0.15) is 31.1 Å². The first-order valence-corrected chi connectivity index (χ1v) is 6.03. The van der Waals surface area contributed by atoms with Gasteiger partial charge in [-0.2, -0.15) is 0 Å². The van der Waals surface area contributed by atoms with E-state index in [0.29, 0.717) is 25.2 Å². The molecule has 1 aromatic heterocycles. The first kappa shape index (κ1) is 14.4. The summed E-state index contributed by atoms with van der Waals surface area (Å²) in [4.78, 5) is 17.8. The maximum atomic E-state index is 12.3. The molecule has 0 unspecified atom stereocenters. The standard InChI is InChI=1S/C13H21N3O2/c1-4-16(9-13(2,3)8-14)12(18)10-5-11(17)7-15-6-10/h5-7,17H,4,8-9,14H2,1-3H3. The van der Waals surface area contributed by atoms with Gasteiger partial charge in [0.05, 0.1) is 11.8 Å². The minimum Gasteiger partial charge on any atom is -0.506 e. The molecule has 0 saturated carbocycles. The van der Waals surface area contributed by atoms with E-state index in [9.17, 15) is 9.90 Å². The zero-order valence-electron chi connectivity index (χ0n) is 11.2. The van der Waals surface area contributed by atoms with Crippen LogP contribution in [-0.4, -0.2) is 40.5 Å². The van der Waals surface area contributed by atoms with Crippen LogP contribution in [0.15, 0.2) is 18.5 Å². The van der Waals surface area contributed by atoms with Crippen molar-refractivity contribution in [3.63, 3.8) is 0 Å². The molecule has 5 nitrogen and oxygen atoms in total. The molecule has 3 N–H and O–H groups in total. The summed E-state index contributed by atoms with van der Waals surface area (Å²) < 4.78 is 0. The molecule has 0 saturated heterocycles. The molecule has 0 radical (unpaired) electrons. The first-order chi connectivity index (χ1) is 8.39. The number of nitrogens with zero attached hydrogens (tertiary/aromatic N) is 2. The average molecular weight is 251 g/mol. The van der Waals surface area contributed by atoms with Crippen molar-refractivity contribution in [2.45, 2.75) is 20.8 Å². The fourth-order valence-electron chi connectivity index (χ4n) is 1.64. The van der Waals surface area contributed by atoms with Crippen molar-refractivity contribution in [2.24, 2.45) is 11.1 Å². The first-order valence-electron chi connectivity index (χ1n) is 6.03. The Hall–Kier alpha value is -1.62. The van der Waals surface area contributed by atoms with Gasteiger partial charge in [0.25, 0.3) is 5.91 Å². The van der Waals surface area contributed by atoms with Gasteiger partial charge in [-0.25, -0.2) is 0 Å². The van der Waals surface area contributed by atoms with Crippen molar-refractivity contribution < 1.29 is 9.90 Å². The molecule has 5 heteroatoms. The van der Waals surface area contributed by atoms with Gasteiger partial charge in [-0.1, -0.05) is 13.8 Å². The van der Waals surface area contributed by atoms with E-state index in [1.54, 1.807) is 4.90 Å². The molecule has 0 aliphatic heterocycles. The minimum absolute atomic E-state index is 0.00464. The minimum atomic E-state index is -0.137. The van der Waals surface area contributed by atoms with Crippen molar-refractivity contribution in [3.05, 3.63) is 24.0 Å². The molecule has 1 aromatic rings. The highest BCUT2D eigenvalue weighted by molar-refractivity contribution is 5.94. The molecule has 0 spiro atoms. The molecule has 18 heavy (non-hydrogen) atoms. The molecule has 0 aliphatic rings. The highest BCUT2D eigenvalue weighted by atomic mass is 16.3. The lowest BCUT2D eigenvalue weighted by Crippen LogP contribution is -2.42. The number of aromatic nitrogens is 1. The van der Waals surface area contributed by atoms with Crippen LogP contribution >= 0.6 is 0 Å². The van der Waals surface area contributed by atoms with Crippen LogP contribution in [0.2, 0.25) is 0 Å². The molecule has 1 heterocycles. The zero-order chi connectivity index (χ0) is 13.8. The molecule has 0 aromatic carbocycles. The predicted octanol–water partition coefficient (Wildman–Crippen LogP) is 1.23. The fraction of sp³-hybridized carbons (Fsp3) is 0.538. The van der Waals surface area contributed by atoms with Crippen LogP contribution in [0.4, 0.5) is 0 Å². The molecule has 0 fully saturated rings. The number of carbonyl (C=O) groups is 1. The highest BCUT2D eigenvalue weighted by Crippen LogP contribution is 2.17. The molecule has 0 aliphatic carbocycles.